The van der Waals surface area contributed by atoms with Crippen LogP contribution in [0.25, 0.3) is 0 Å². The average molecular weight is 234 g/mol. The molecule has 1 saturated heterocycles. The van der Waals surface area contributed by atoms with Crippen molar-refractivity contribution in [3.05, 3.63) is 12.2 Å². The Morgan fingerprint density at radius 1 is 1.41 bits per heavy atom. The van der Waals surface area contributed by atoms with Crippen LogP contribution in [0.1, 0.15) is 46.0 Å². The van der Waals surface area contributed by atoms with Crippen molar-refractivity contribution in [1.82, 2.24) is 0 Å². The molecule has 0 amide bonds. The molecule has 1 aliphatic heterocycles. The molecule has 1 spiro atoms. The van der Waals surface area contributed by atoms with Gasteiger partial charge in [-0.05, 0) is 42.1 Å². The van der Waals surface area contributed by atoms with E-state index in [0.717, 1.165) is 24.3 Å². The van der Waals surface area contributed by atoms with Crippen molar-refractivity contribution in [2.24, 2.45) is 22.7 Å². The predicted octanol–water partition coefficient (Wildman–Crippen LogP) is 3.32. The molecule has 94 valence electrons. The molecule has 4 atom stereocenters. The fourth-order valence-corrected chi connectivity index (χ4v) is 4.53. The Morgan fingerprint density at radius 2 is 2.18 bits per heavy atom. The predicted molar refractivity (Wildman–Crippen MR) is 66.4 cm³/mol. The lowest BCUT2D eigenvalue weighted by Crippen LogP contribution is -2.34. The lowest BCUT2D eigenvalue weighted by atomic mass is 9.63. The lowest BCUT2D eigenvalue weighted by Gasteiger charge is -2.42. The van der Waals surface area contributed by atoms with E-state index >= 15 is 0 Å². The first-order chi connectivity index (χ1) is 7.99. The summed E-state index contributed by atoms with van der Waals surface area (Å²) in [5.41, 5.74) is 1.04. The standard InChI is InChI=1S/C15H22O2/c1-10-5-4-6-12-7-15(9-14(10,12)3)11(2)8-17-13(15)16/h10,12H,2,4-9H2,1,3H3/t10-,12+,14+,15?/m1/s1. The number of fused-ring (bicyclic) bond motifs is 1. The molecule has 0 radical (unpaired) electrons. The summed E-state index contributed by atoms with van der Waals surface area (Å²) < 4.78 is 5.25. The van der Waals surface area contributed by atoms with E-state index in [1.54, 1.807) is 0 Å². The lowest BCUT2D eigenvalue weighted by molar-refractivity contribution is -0.146. The van der Waals surface area contributed by atoms with Gasteiger partial charge in [0.05, 0.1) is 5.41 Å². The van der Waals surface area contributed by atoms with Gasteiger partial charge in [-0.15, -0.1) is 0 Å². The largest absolute Gasteiger partial charge is 0.460 e. The van der Waals surface area contributed by atoms with Gasteiger partial charge in [0.1, 0.15) is 6.61 Å². The molecule has 0 aromatic heterocycles. The molecule has 1 heterocycles. The zero-order valence-electron chi connectivity index (χ0n) is 10.9. The molecular formula is C15H22O2. The van der Waals surface area contributed by atoms with Crippen molar-refractivity contribution in [2.75, 3.05) is 6.61 Å². The second kappa shape index (κ2) is 3.37. The average Bonchev–Trinajstić information content (AvgIpc) is 2.74. The van der Waals surface area contributed by atoms with Gasteiger partial charge in [-0.25, -0.2) is 0 Å². The fourth-order valence-electron chi connectivity index (χ4n) is 4.53. The molecule has 3 rings (SSSR count). The van der Waals surface area contributed by atoms with Gasteiger partial charge in [0.25, 0.3) is 0 Å². The van der Waals surface area contributed by atoms with Crippen LogP contribution < -0.4 is 0 Å². The van der Waals surface area contributed by atoms with Crippen LogP contribution in [0.5, 0.6) is 0 Å². The summed E-state index contributed by atoms with van der Waals surface area (Å²) in [7, 11) is 0. The molecular weight excluding hydrogens is 212 g/mol. The van der Waals surface area contributed by atoms with E-state index < -0.39 is 0 Å². The van der Waals surface area contributed by atoms with Gasteiger partial charge in [0, 0.05) is 0 Å². The first kappa shape index (κ1) is 11.3. The van der Waals surface area contributed by atoms with Crippen LogP contribution in [0.3, 0.4) is 0 Å². The van der Waals surface area contributed by atoms with Gasteiger partial charge in [-0.2, -0.15) is 0 Å². The summed E-state index contributed by atoms with van der Waals surface area (Å²) in [5.74, 6) is 1.42. The second-order valence-electron chi connectivity index (χ2n) is 6.68. The monoisotopic (exact) mass is 234 g/mol. The number of esters is 1. The summed E-state index contributed by atoms with van der Waals surface area (Å²) in [6, 6.07) is 0. The van der Waals surface area contributed by atoms with Crippen molar-refractivity contribution >= 4 is 5.97 Å². The number of carbonyl (C=O) groups excluding carboxylic acids is 1. The quantitative estimate of drug-likeness (QED) is 0.475. The summed E-state index contributed by atoms with van der Waals surface area (Å²) >= 11 is 0. The molecule has 3 aliphatic rings. The molecule has 2 nitrogen and oxygen atoms in total. The first-order valence-electron chi connectivity index (χ1n) is 6.84. The minimum atomic E-state index is -0.321. The second-order valence-corrected chi connectivity index (χ2v) is 6.68. The highest BCUT2D eigenvalue weighted by molar-refractivity contribution is 5.84. The Labute approximate surface area is 103 Å². The van der Waals surface area contributed by atoms with Crippen molar-refractivity contribution in [1.29, 1.82) is 0 Å². The Morgan fingerprint density at radius 3 is 2.76 bits per heavy atom. The Balaban J connectivity index is 1.98. The summed E-state index contributed by atoms with van der Waals surface area (Å²) in [4.78, 5) is 12.1. The van der Waals surface area contributed by atoms with E-state index in [1.807, 2.05) is 0 Å². The molecule has 0 aromatic rings. The topological polar surface area (TPSA) is 26.3 Å². The summed E-state index contributed by atoms with van der Waals surface area (Å²) in [6.45, 7) is 9.30. The highest BCUT2D eigenvalue weighted by Gasteiger charge is 2.61. The molecule has 2 aliphatic carbocycles. The van der Waals surface area contributed by atoms with E-state index in [1.165, 1.54) is 19.3 Å². The number of ether oxygens (including phenoxy) is 1. The number of cyclic esters (lactones) is 1. The van der Waals surface area contributed by atoms with E-state index in [4.69, 9.17) is 4.74 Å². The molecule has 1 unspecified atom stereocenters. The van der Waals surface area contributed by atoms with Crippen LogP contribution >= 0.6 is 0 Å². The minimum absolute atomic E-state index is 0.00493. The van der Waals surface area contributed by atoms with Crippen LogP contribution in [-0.2, 0) is 9.53 Å². The zero-order chi connectivity index (χ0) is 12.3. The van der Waals surface area contributed by atoms with Gasteiger partial charge in [-0.3, -0.25) is 4.79 Å². The van der Waals surface area contributed by atoms with Gasteiger partial charge in [-0.1, -0.05) is 33.3 Å². The van der Waals surface area contributed by atoms with Crippen molar-refractivity contribution in [2.45, 2.75) is 46.0 Å². The van der Waals surface area contributed by atoms with Crippen LogP contribution in [0, 0.1) is 22.7 Å². The fraction of sp³-hybridized carbons (Fsp3) is 0.800. The van der Waals surface area contributed by atoms with E-state index in [2.05, 4.69) is 20.4 Å². The number of hydrogen-bond acceptors (Lipinski definition) is 2. The smallest absolute Gasteiger partial charge is 0.316 e. The normalized spacial score (nSPS) is 49.5. The van der Waals surface area contributed by atoms with Gasteiger partial charge in [0.2, 0.25) is 0 Å². The first-order valence-corrected chi connectivity index (χ1v) is 6.84. The highest BCUT2D eigenvalue weighted by atomic mass is 16.5. The van der Waals surface area contributed by atoms with Gasteiger partial charge >= 0.3 is 5.97 Å². The highest BCUT2D eigenvalue weighted by Crippen LogP contribution is 2.64. The third-order valence-electron chi connectivity index (χ3n) is 5.97. The molecule has 17 heavy (non-hydrogen) atoms. The molecule has 2 saturated carbocycles. The third-order valence-corrected chi connectivity index (χ3v) is 5.97. The Hall–Kier alpha value is -0.790. The van der Waals surface area contributed by atoms with Gasteiger partial charge < -0.3 is 4.74 Å². The van der Waals surface area contributed by atoms with Crippen molar-refractivity contribution in [3.63, 3.8) is 0 Å². The number of rotatable bonds is 0. The molecule has 0 N–H and O–H groups in total. The van der Waals surface area contributed by atoms with E-state index in [9.17, 15) is 4.79 Å². The Kier molecular flexibility index (Phi) is 2.24. The van der Waals surface area contributed by atoms with Crippen LogP contribution in [0.15, 0.2) is 12.2 Å². The van der Waals surface area contributed by atoms with Crippen molar-refractivity contribution in [3.8, 4) is 0 Å². The zero-order valence-corrected chi connectivity index (χ0v) is 10.9. The van der Waals surface area contributed by atoms with Gasteiger partial charge in [0.15, 0.2) is 0 Å². The molecule has 2 heteroatoms. The maximum Gasteiger partial charge on any atom is 0.316 e. The maximum absolute atomic E-state index is 12.1. The molecule has 0 bridgehead atoms. The Bertz CT molecular complexity index is 368. The van der Waals surface area contributed by atoms with E-state index in [-0.39, 0.29) is 11.4 Å². The van der Waals surface area contributed by atoms with Crippen LogP contribution in [-0.4, -0.2) is 12.6 Å². The maximum atomic E-state index is 12.1. The minimum Gasteiger partial charge on any atom is -0.460 e. The van der Waals surface area contributed by atoms with Crippen molar-refractivity contribution < 1.29 is 9.53 Å². The SMILES string of the molecule is C=C1COC(=O)C12C[C@@H]1CCC[C@@H](C)[C@]1(C)C2. The number of hydrogen-bond donors (Lipinski definition) is 0. The summed E-state index contributed by atoms with van der Waals surface area (Å²) in [5, 5.41) is 0. The molecule has 3 fully saturated rings. The summed E-state index contributed by atoms with van der Waals surface area (Å²) in [6.07, 6.45) is 5.88. The molecule has 0 aromatic carbocycles. The van der Waals surface area contributed by atoms with Crippen LogP contribution in [0.2, 0.25) is 0 Å². The number of carbonyl (C=O) groups is 1. The van der Waals surface area contributed by atoms with E-state index in [0.29, 0.717) is 17.9 Å². The van der Waals surface area contributed by atoms with Crippen LogP contribution in [0.4, 0.5) is 0 Å². The third kappa shape index (κ3) is 1.30.